The average molecular weight is 281 g/mol. The first-order valence-corrected chi connectivity index (χ1v) is 7.05. The van der Waals surface area contributed by atoms with Gasteiger partial charge in [0.15, 0.2) is 0 Å². The van der Waals surface area contributed by atoms with Crippen LogP contribution in [0.25, 0.3) is 0 Å². The second kappa shape index (κ2) is 8.07. The second-order valence-corrected chi connectivity index (χ2v) is 4.85. The Morgan fingerprint density at radius 2 is 2.16 bits per heavy atom. The Morgan fingerprint density at radius 1 is 1.47 bits per heavy atom. The van der Waals surface area contributed by atoms with Gasteiger partial charge in [-0.1, -0.05) is 26.1 Å². The minimum Gasteiger partial charge on any atom is -0.389 e. The van der Waals surface area contributed by atoms with Gasteiger partial charge in [-0.15, -0.1) is 0 Å². The summed E-state index contributed by atoms with van der Waals surface area (Å²) >= 11 is 5.13. The molecule has 0 aliphatic carbocycles. The van der Waals surface area contributed by atoms with Gasteiger partial charge in [0, 0.05) is 31.5 Å². The standard InChI is InChI=1S/C14H23N3OS/c1-4-11(5-2)17(8-9-18-3)13-10-16-7-6-12(13)14(15)19/h6-7,10-11H,4-5,8-9H2,1-3H3,(H2,15,19). The maximum absolute atomic E-state index is 5.81. The Hall–Kier alpha value is -1.20. The van der Waals surface area contributed by atoms with Crippen LogP contribution in [0.2, 0.25) is 0 Å². The number of hydrogen-bond acceptors (Lipinski definition) is 4. The fourth-order valence-corrected chi connectivity index (χ4v) is 2.41. The van der Waals surface area contributed by atoms with Gasteiger partial charge in [0.2, 0.25) is 0 Å². The third-order valence-corrected chi connectivity index (χ3v) is 3.51. The lowest BCUT2D eigenvalue weighted by Crippen LogP contribution is -2.38. The highest BCUT2D eigenvalue weighted by Crippen LogP contribution is 2.23. The van der Waals surface area contributed by atoms with Crippen molar-refractivity contribution in [1.29, 1.82) is 0 Å². The highest BCUT2D eigenvalue weighted by atomic mass is 32.1. The van der Waals surface area contributed by atoms with Crippen molar-refractivity contribution in [1.82, 2.24) is 4.98 Å². The molecular weight excluding hydrogens is 258 g/mol. The zero-order valence-corrected chi connectivity index (χ0v) is 12.7. The molecule has 1 aromatic rings. The van der Waals surface area contributed by atoms with Crippen LogP contribution in [0.15, 0.2) is 18.5 Å². The number of rotatable bonds is 8. The van der Waals surface area contributed by atoms with Gasteiger partial charge < -0.3 is 15.4 Å². The van der Waals surface area contributed by atoms with Crippen molar-refractivity contribution in [3.05, 3.63) is 24.0 Å². The first-order valence-electron chi connectivity index (χ1n) is 6.65. The van der Waals surface area contributed by atoms with Crippen molar-refractivity contribution in [2.75, 3.05) is 25.2 Å². The van der Waals surface area contributed by atoms with Crippen LogP contribution in [0.5, 0.6) is 0 Å². The van der Waals surface area contributed by atoms with Crippen LogP contribution >= 0.6 is 12.2 Å². The summed E-state index contributed by atoms with van der Waals surface area (Å²) < 4.78 is 5.21. The summed E-state index contributed by atoms with van der Waals surface area (Å²) in [5.74, 6) is 0. The van der Waals surface area contributed by atoms with E-state index in [4.69, 9.17) is 22.7 Å². The number of anilines is 1. The van der Waals surface area contributed by atoms with E-state index in [2.05, 4.69) is 23.7 Å². The molecule has 0 aliphatic rings. The number of thiocarbonyl (C=S) groups is 1. The largest absolute Gasteiger partial charge is 0.389 e. The molecule has 0 bridgehead atoms. The molecular formula is C14H23N3OS. The van der Waals surface area contributed by atoms with E-state index in [1.165, 1.54) is 0 Å². The number of aromatic nitrogens is 1. The van der Waals surface area contributed by atoms with E-state index in [0.29, 0.717) is 17.6 Å². The number of pyridine rings is 1. The third kappa shape index (κ3) is 4.14. The normalized spacial score (nSPS) is 10.7. The van der Waals surface area contributed by atoms with Crippen molar-refractivity contribution in [3.8, 4) is 0 Å². The first-order chi connectivity index (χ1) is 9.15. The monoisotopic (exact) mass is 281 g/mol. The van der Waals surface area contributed by atoms with Crippen LogP contribution in [-0.4, -0.2) is 36.3 Å². The molecule has 0 aliphatic heterocycles. The fraction of sp³-hybridized carbons (Fsp3) is 0.571. The smallest absolute Gasteiger partial charge is 0.106 e. The quantitative estimate of drug-likeness (QED) is 0.741. The van der Waals surface area contributed by atoms with Crippen molar-refractivity contribution in [3.63, 3.8) is 0 Å². The molecule has 0 radical (unpaired) electrons. The molecule has 1 aromatic heterocycles. The molecule has 0 spiro atoms. The molecule has 19 heavy (non-hydrogen) atoms. The highest BCUT2D eigenvalue weighted by molar-refractivity contribution is 7.80. The van der Waals surface area contributed by atoms with Gasteiger partial charge in [-0.05, 0) is 18.9 Å². The molecule has 1 rings (SSSR count). The van der Waals surface area contributed by atoms with E-state index in [1.807, 2.05) is 12.3 Å². The summed E-state index contributed by atoms with van der Waals surface area (Å²) in [6, 6.07) is 2.31. The molecule has 1 heterocycles. The molecule has 0 saturated carbocycles. The number of ether oxygens (including phenoxy) is 1. The van der Waals surface area contributed by atoms with Crippen molar-refractivity contribution in [2.45, 2.75) is 32.7 Å². The lowest BCUT2D eigenvalue weighted by molar-refractivity contribution is 0.202. The highest BCUT2D eigenvalue weighted by Gasteiger charge is 2.19. The zero-order chi connectivity index (χ0) is 14.3. The summed E-state index contributed by atoms with van der Waals surface area (Å²) in [5, 5.41) is 0. The van der Waals surface area contributed by atoms with Crippen LogP contribution in [0.4, 0.5) is 5.69 Å². The minimum atomic E-state index is 0.408. The van der Waals surface area contributed by atoms with Crippen LogP contribution < -0.4 is 10.6 Å². The lowest BCUT2D eigenvalue weighted by Gasteiger charge is -2.33. The number of methoxy groups -OCH3 is 1. The zero-order valence-electron chi connectivity index (χ0n) is 11.9. The molecule has 2 N–H and O–H groups in total. The molecule has 0 amide bonds. The van der Waals surface area contributed by atoms with E-state index >= 15 is 0 Å². The van der Waals surface area contributed by atoms with Crippen LogP contribution in [-0.2, 0) is 4.74 Å². The molecule has 0 unspecified atom stereocenters. The van der Waals surface area contributed by atoms with Crippen LogP contribution in [0.1, 0.15) is 32.3 Å². The summed E-state index contributed by atoms with van der Waals surface area (Å²) in [4.78, 5) is 6.91. The van der Waals surface area contributed by atoms with Gasteiger partial charge in [0.25, 0.3) is 0 Å². The van der Waals surface area contributed by atoms with E-state index in [1.54, 1.807) is 13.3 Å². The van der Waals surface area contributed by atoms with Gasteiger partial charge >= 0.3 is 0 Å². The lowest BCUT2D eigenvalue weighted by atomic mass is 10.1. The van der Waals surface area contributed by atoms with Crippen molar-refractivity contribution in [2.24, 2.45) is 5.73 Å². The molecule has 0 fully saturated rings. The molecule has 4 nitrogen and oxygen atoms in total. The first kappa shape index (κ1) is 15.9. The minimum absolute atomic E-state index is 0.408. The number of nitrogens with two attached hydrogens (primary N) is 1. The topological polar surface area (TPSA) is 51.4 Å². The van der Waals surface area contributed by atoms with E-state index < -0.39 is 0 Å². The van der Waals surface area contributed by atoms with Crippen LogP contribution in [0, 0.1) is 0 Å². The molecule has 0 atom stereocenters. The summed E-state index contributed by atoms with van der Waals surface area (Å²) in [6.45, 7) is 5.85. The van der Waals surface area contributed by atoms with Gasteiger partial charge in [-0.25, -0.2) is 0 Å². The van der Waals surface area contributed by atoms with Gasteiger partial charge in [-0.2, -0.15) is 0 Å². The summed E-state index contributed by atoms with van der Waals surface area (Å²) in [6.07, 6.45) is 5.68. The van der Waals surface area contributed by atoms with E-state index in [9.17, 15) is 0 Å². The third-order valence-electron chi connectivity index (χ3n) is 3.29. The van der Waals surface area contributed by atoms with Crippen molar-refractivity contribution < 1.29 is 4.74 Å². The Morgan fingerprint density at radius 3 is 2.68 bits per heavy atom. The Labute approximate surface area is 121 Å². The summed E-state index contributed by atoms with van der Waals surface area (Å²) in [7, 11) is 1.71. The SMILES string of the molecule is CCC(CC)N(CCOC)c1cnccc1C(N)=S. The predicted molar refractivity (Wildman–Crippen MR) is 83.7 cm³/mol. The predicted octanol–water partition coefficient (Wildman–Crippen LogP) is 2.36. The molecule has 0 saturated heterocycles. The van der Waals surface area contributed by atoms with Gasteiger partial charge in [-0.3, -0.25) is 4.98 Å². The van der Waals surface area contributed by atoms with Crippen LogP contribution in [0.3, 0.4) is 0 Å². The second-order valence-electron chi connectivity index (χ2n) is 4.41. The number of hydrogen-bond donors (Lipinski definition) is 1. The van der Waals surface area contributed by atoms with Gasteiger partial charge in [0.1, 0.15) is 4.99 Å². The fourth-order valence-electron chi connectivity index (χ4n) is 2.24. The number of nitrogens with zero attached hydrogens (tertiary/aromatic N) is 2. The maximum atomic E-state index is 5.81. The van der Waals surface area contributed by atoms with E-state index in [-0.39, 0.29) is 0 Å². The molecule has 5 heteroatoms. The Balaban J connectivity index is 3.12. The maximum Gasteiger partial charge on any atom is 0.106 e. The molecule has 106 valence electrons. The van der Waals surface area contributed by atoms with E-state index in [0.717, 1.165) is 30.6 Å². The Kier molecular flexibility index (Phi) is 6.73. The molecule has 0 aromatic carbocycles. The van der Waals surface area contributed by atoms with Gasteiger partial charge in [0.05, 0.1) is 18.5 Å². The summed E-state index contributed by atoms with van der Waals surface area (Å²) in [5.41, 5.74) is 7.69. The average Bonchev–Trinajstić information content (AvgIpc) is 2.43. The van der Waals surface area contributed by atoms with Crippen molar-refractivity contribution >= 4 is 22.9 Å². The Bertz CT molecular complexity index is 407.